The number of aromatic nitrogens is 2. The van der Waals surface area contributed by atoms with Crippen LogP contribution in [-0.4, -0.2) is 41.3 Å². The van der Waals surface area contributed by atoms with Gasteiger partial charge in [0.05, 0.1) is 11.6 Å². The highest BCUT2D eigenvalue weighted by Crippen LogP contribution is 2.38. The van der Waals surface area contributed by atoms with E-state index >= 15 is 0 Å². The summed E-state index contributed by atoms with van der Waals surface area (Å²) in [6.45, 7) is 1.46. The molecule has 1 aromatic heterocycles. The highest BCUT2D eigenvalue weighted by atomic mass is 16.2. The summed E-state index contributed by atoms with van der Waals surface area (Å²) in [5, 5.41) is 15.0. The van der Waals surface area contributed by atoms with Crippen molar-refractivity contribution in [3.63, 3.8) is 0 Å². The number of nitrogens with one attached hydrogen (secondary N) is 2. The van der Waals surface area contributed by atoms with Crippen LogP contribution in [0.2, 0.25) is 0 Å². The highest BCUT2D eigenvalue weighted by Gasteiger charge is 2.35. The van der Waals surface area contributed by atoms with E-state index in [0.29, 0.717) is 23.8 Å². The molecule has 2 aromatic rings. The molecule has 3 aliphatic rings. The van der Waals surface area contributed by atoms with Gasteiger partial charge in [0.1, 0.15) is 0 Å². The van der Waals surface area contributed by atoms with E-state index in [2.05, 4.69) is 45.1 Å². The zero-order valence-corrected chi connectivity index (χ0v) is 15.3. The average molecular weight is 363 g/mol. The van der Waals surface area contributed by atoms with Crippen molar-refractivity contribution in [3.8, 4) is 0 Å². The van der Waals surface area contributed by atoms with Gasteiger partial charge in [-0.3, -0.25) is 9.69 Å². The number of nitrogens with zero attached hydrogens (tertiary/aromatic N) is 3. The van der Waals surface area contributed by atoms with E-state index in [4.69, 9.17) is 0 Å². The summed E-state index contributed by atoms with van der Waals surface area (Å²) >= 11 is 0. The van der Waals surface area contributed by atoms with Gasteiger partial charge in [0.25, 0.3) is 0 Å². The molecule has 27 heavy (non-hydrogen) atoms. The molecule has 3 fully saturated rings. The number of amides is 1. The molecule has 2 atom stereocenters. The predicted octanol–water partition coefficient (Wildman–Crippen LogP) is 2.36. The number of anilines is 2. The Hall–Kier alpha value is -2.31. The maximum Gasteiger partial charge on any atom is 0.238 e. The van der Waals surface area contributed by atoms with Crippen LogP contribution in [-0.2, 0) is 4.79 Å². The monoisotopic (exact) mass is 363 g/mol. The van der Waals surface area contributed by atoms with Gasteiger partial charge in [0.2, 0.25) is 5.91 Å². The quantitative estimate of drug-likeness (QED) is 0.873. The van der Waals surface area contributed by atoms with Crippen molar-refractivity contribution in [1.82, 2.24) is 20.8 Å². The van der Waals surface area contributed by atoms with Crippen LogP contribution < -0.4 is 15.5 Å². The van der Waals surface area contributed by atoms with Crippen LogP contribution in [0.15, 0.2) is 42.6 Å². The smallest absolute Gasteiger partial charge is 0.238 e. The standard InChI is InChI=1S/C21H25N5O/c27-21(16-12-22-13-16)26(20-2-1-9-23-25-20)19-7-3-14(4-8-19)15-10-17-5-6-18(11-15)24-17/h1-4,7-9,15-18,22,24H,5-6,10-13H2. The van der Waals surface area contributed by atoms with Crippen molar-refractivity contribution >= 4 is 17.4 Å². The van der Waals surface area contributed by atoms with Gasteiger partial charge in [0.15, 0.2) is 5.82 Å². The van der Waals surface area contributed by atoms with Gasteiger partial charge in [-0.05, 0) is 61.4 Å². The normalized spacial score (nSPS) is 27.2. The molecule has 0 spiro atoms. The second-order valence-electron chi connectivity index (χ2n) is 8.01. The molecule has 6 nitrogen and oxygen atoms in total. The first-order chi connectivity index (χ1) is 13.3. The summed E-state index contributed by atoms with van der Waals surface area (Å²) < 4.78 is 0. The van der Waals surface area contributed by atoms with Gasteiger partial charge >= 0.3 is 0 Å². The molecule has 1 amide bonds. The molecular formula is C21H25N5O. The second-order valence-corrected chi connectivity index (χ2v) is 8.01. The van der Waals surface area contributed by atoms with Crippen LogP contribution in [0, 0.1) is 5.92 Å². The predicted molar refractivity (Wildman–Crippen MR) is 104 cm³/mol. The Morgan fingerprint density at radius 2 is 1.78 bits per heavy atom. The summed E-state index contributed by atoms with van der Waals surface area (Å²) in [4.78, 5) is 14.7. The lowest BCUT2D eigenvalue weighted by molar-refractivity contribution is -0.123. The van der Waals surface area contributed by atoms with Crippen LogP contribution in [0.5, 0.6) is 0 Å². The Kier molecular flexibility index (Phi) is 4.38. The summed E-state index contributed by atoms with van der Waals surface area (Å²) in [5.74, 6) is 1.30. The molecule has 0 aliphatic carbocycles. The molecule has 5 rings (SSSR count). The highest BCUT2D eigenvalue weighted by molar-refractivity contribution is 6.01. The van der Waals surface area contributed by atoms with Crippen LogP contribution in [0.1, 0.15) is 37.2 Å². The van der Waals surface area contributed by atoms with E-state index in [1.807, 2.05) is 12.1 Å². The zero-order chi connectivity index (χ0) is 18.2. The van der Waals surface area contributed by atoms with Gasteiger partial charge in [-0.15, -0.1) is 5.10 Å². The van der Waals surface area contributed by atoms with Crippen LogP contribution in [0.4, 0.5) is 11.5 Å². The first-order valence-electron chi connectivity index (χ1n) is 9.96. The lowest BCUT2D eigenvalue weighted by Gasteiger charge is -2.32. The minimum Gasteiger partial charge on any atom is -0.315 e. The molecule has 4 heterocycles. The minimum atomic E-state index is 0.00623. The minimum absolute atomic E-state index is 0.00623. The van der Waals surface area contributed by atoms with Crippen molar-refractivity contribution in [2.24, 2.45) is 5.92 Å². The third-order valence-electron chi connectivity index (χ3n) is 6.23. The maximum absolute atomic E-state index is 13.0. The Balaban J connectivity index is 1.41. The number of piperidine rings is 1. The topological polar surface area (TPSA) is 70.2 Å². The number of carbonyl (C=O) groups is 1. The number of carbonyl (C=O) groups excluding carboxylic acids is 1. The Bertz CT molecular complexity index is 793. The number of hydrogen-bond acceptors (Lipinski definition) is 5. The molecule has 140 valence electrons. The lowest BCUT2D eigenvalue weighted by Crippen LogP contribution is -2.51. The molecule has 0 saturated carbocycles. The van der Waals surface area contributed by atoms with E-state index in [9.17, 15) is 4.79 Å². The Labute approximate surface area is 159 Å². The summed E-state index contributed by atoms with van der Waals surface area (Å²) in [6.07, 6.45) is 6.69. The number of fused-ring (bicyclic) bond motifs is 2. The van der Waals surface area contributed by atoms with Gasteiger partial charge < -0.3 is 10.6 Å². The largest absolute Gasteiger partial charge is 0.315 e. The van der Waals surface area contributed by atoms with E-state index in [0.717, 1.165) is 18.8 Å². The van der Waals surface area contributed by atoms with E-state index in [1.165, 1.54) is 31.2 Å². The average Bonchev–Trinajstić information content (AvgIpc) is 3.00. The van der Waals surface area contributed by atoms with E-state index in [-0.39, 0.29) is 11.8 Å². The molecule has 3 saturated heterocycles. The van der Waals surface area contributed by atoms with Gasteiger partial charge in [0, 0.05) is 31.4 Å². The second kappa shape index (κ2) is 7.02. The SMILES string of the molecule is O=C(C1CNC1)N(c1ccc(C2CC3CCC(C2)N3)cc1)c1cccnn1. The molecular weight excluding hydrogens is 338 g/mol. The fourth-order valence-corrected chi connectivity index (χ4v) is 4.66. The van der Waals surface area contributed by atoms with Crippen LogP contribution in [0.3, 0.4) is 0 Å². The summed E-state index contributed by atoms with van der Waals surface area (Å²) in [7, 11) is 0. The lowest BCUT2D eigenvalue weighted by atomic mass is 9.86. The van der Waals surface area contributed by atoms with E-state index in [1.54, 1.807) is 11.1 Å². The number of benzene rings is 1. The molecule has 6 heteroatoms. The van der Waals surface area contributed by atoms with Gasteiger partial charge in [-0.2, -0.15) is 5.10 Å². The molecule has 3 aliphatic heterocycles. The molecule has 2 unspecified atom stereocenters. The molecule has 2 N–H and O–H groups in total. The summed E-state index contributed by atoms with van der Waals surface area (Å²) in [6, 6.07) is 13.5. The van der Waals surface area contributed by atoms with E-state index < -0.39 is 0 Å². The fourth-order valence-electron chi connectivity index (χ4n) is 4.66. The zero-order valence-electron chi connectivity index (χ0n) is 15.3. The third-order valence-corrected chi connectivity index (χ3v) is 6.23. The first kappa shape index (κ1) is 16.8. The molecule has 2 bridgehead atoms. The Morgan fingerprint density at radius 1 is 1.04 bits per heavy atom. The fraction of sp³-hybridized carbons (Fsp3) is 0.476. The van der Waals surface area contributed by atoms with Crippen LogP contribution >= 0.6 is 0 Å². The van der Waals surface area contributed by atoms with Crippen molar-refractivity contribution in [3.05, 3.63) is 48.2 Å². The number of hydrogen-bond donors (Lipinski definition) is 2. The van der Waals surface area contributed by atoms with Gasteiger partial charge in [-0.1, -0.05) is 12.1 Å². The van der Waals surface area contributed by atoms with Crippen LogP contribution in [0.25, 0.3) is 0 Å². The van der Waals surface area contributed by atoms with Crippen molar-refractivity contribution < 1.29 is 4.79 Å². The third kappa shape index (κ3) is 3.24. The van der Waals surface area contributed by atoms with Crippen molar-refractivity contribution in [2.45, 2.75) is 43.7 Å². The molecule has 1 aromatic carbocycles. The maximum atomic E-state index is 13.0. The van der Waals surface area contributed by atoms with Gasteiger partial charge in [-0.25, -0.2) is 0 Å². The Morgan fingerprint density at radius 3 is 2.37 bits per heavy atom. The first-order valence-corrected chi connectivity index (χ1v) is 9.96. The van der Waals surface area contributed by atoms with Crippen molar-refractivity contribution in [2.75, 3.05) is 18.0 Å². The summed E-state index contributed by atoms with van der Waals surface area (Å²) in [5.41, 5.74) is 2.25. The number of rotatable bonds is 4. The van der Waals surface area contributed by atoms with Crippen molar-refractivity contribution in [1.29, 1.82) is 0 Å². The molecule has 0 radical (unpaired) electrons.